The molecule has 108 valence electrons. The van der Waals surface area contributed by atoms with E-state index in [0.717, 1.165) is 5.92 Å². The second kappa shape index (κ2) is 5.05. The number of fused-ring (bicyclic) bond motifs is 1. The van der Waals surface area contributed by atoms with Gasteiger partial charge in [0, 0.05) is 29.4 Å². The van der Waals surface area contributed by atoms with E-state index in [9.17, 15) is 0 Å². The van der Waals surface area contributed by atoms with Crippen LogP contribution < -0.4 is 5.73 Å². The van der Waals surface area contributed by atoms with E-state index in [0.29, 0.717) is 12.0 Å². The molecule has 3 heteroatoms. The molecule has 2 aromatic rings. The van der Waals surface area contributed by atoms with Gasteiger partial charge in [0.15, 0.2) is 0 Å². The molecule has 0 saturated heterocycles. The van der Waals surface area contributed by atoms with E-state index in [1.165, 1.54) is 29.8 Å². The van der Waals surface area contributed by atoms with Crippen LogP contribution in [0.2, 0.25) is 0 Å². The van der Waals surface area contributed by atoms with E-state index in [2.05, 4.69) is 49.9 Å². The Kier molecular flexibility index (Phi) is 3.51. The molecule has 2 nitrogen and oxygen atoms in total. The van der Waals surface area contributed by atoms with E-state index < -0.39 is 0 Å². The second-order valence-electron chi connectivity index (χ2n) is 6.89. The Hall–Kier alpha value is -1.06. The molecule has 0 aromatic carbocycles. The molecule has 2 aromatic heterocycles. The highest BCUT2D eigenvalue weighted by atomic mass is 32.1. The first kappa shape index (κ1) is 13.9. The van der Waals surface area contributed by atoms with Gasteiger partial charge in [-0.1, -0.05) is 20.8 Å². The number of thiophene rings is 1. The zero-order valence-corrected chi connectivity index (χ0v) is 13.5. The summed E-state index contributed by atoms with van der Waals surface area (Å²) < 4.78 is 2.22. The number of aromatic nitrogens is 1. The van der Waals surface area contributed by atoms with Gasteiger partial charge in [0.25, 0.3) is 0 Å². The van der Waals surface area contributed by atoms with Crippen LogP contribution in [-0.4, -0.2) is 4.57 Å². The molecular weight excluding hydrogens is 264 g/mol. The molecule has 20 heavy (non-hydrogen) atoms. The molecule has 0 fully saturated rings. The van der Waals surface area contributed by atoms with Gasteiger partial charge in [-0.25, -0.2) is 0 Å². The molecule has 1 aliphatic rings. The van der Waals surface area contributed by atoms with Gasteiger partial charge in [0.1, 0.15) is 5.00 Å². The zero-order valence-electron chi connectivity index (χ0n) is 12.6. The van der Waals surface area contributed by atoms with Crippen LogP contribution in [0.15, 0.2) is 24.5 Å². The first-order valence-electron chi connectivity index (χ1n) is 7.47. The number of nitrogens with zero attached hydrogens (tertiary/aromatic N) is 1. The van der Waals surface area contributed by atoms with Crippen molar-refractivity contribution in [1.82, 2.24) is 4.57 Å². The third-order valence-corrected chi connectivity index (χ3v) is 5.93. The summed E-state index contributed by atoms with van der Waals surface area (Å²) in [6.07, 6.45) is 7.96. The maximum atomic E-state index is 6.04. The van der Waals surface area contributed by atoms with E-state index in [4.69, 9.17) is 5.73 Å². The number of hydrogen-bond donors (Lipinski definition) is 1. The molecule has 0 amide bonds. The van der Waals surface area contributed by atoms with E-state index in [1.54, 1.807) is 10.4 Å². The van der Waals surface area contributed by atoms with Gasteiger partial charge in [-0.2, -0.15) is 0 Å². The summed E-state index contributed by atoms with van der Waals surface area (Å²) in [5.41, 5.74) is 9.35. The lowest BCUT2D eigenvalue weighted by atomic mass is 9.72. The predicted octanol–water partition coefficient (Wildman–Crippen LogP) is 4.15. The third-order valence-electron chi connectivity index (χ3n) is 4.62. The molecular formula is C17H24N2S. The molecule has 0 bridgehead atoms. The Morgan fingerprint density at radius 2 is 2.00 bits per heavy atom. The van der Waals surface area contributed by atoms with Gasteiger partial charge in [0.2, 0.25) is 0 Å². The van der Waals surface area contributed by atoms with Crippen molar-refractivity contribution in [3.8, 4) is 5.00 Å². The van der Waals surface area contributed by atoms with E-state index in [-0.39, 0.29) is 0 Å². The summed E-state index contributed by atoms with van der Waals surface area (Å²) in [6, 6.07) is 4.16. The fourth-order valence-electron chi connectivity index (χ4n) is 3.27. The molecule has 3 rings (SSSR count). The molecule has 2 heterocycles. The van der Waals surface area contributed by atoms with Crippen molar-refractivity contribution in [2.75, 3.05) is 0 Å². The van der Waals surface area contributed by atoms with Crippen molar-refractivity contribution in [2.45, 2.75) is 46.6 Å². The Morgan fingerprint density at radius 1 is 1.30 bits per heavy atom. The summed E-state index contributed by atoms with van der Waals surface area (Å²) in [4.78, 5) is 1.57. The van der Waals surface area contributed by atoms with Crippen LogP contribution in [0.25, 0.3) is 5.00 Å². The van der Waals surface area contributed by atoms with Gasteiger partial charge >= 0.3 is 0 Å². The van der Waals surface area contributed by atoms with Gasteiger partial charge < -0.3 is 10.3 Å². The lowest BCUT2D eigenvalue weighted by Gasteiger charge is -2.34. The lowest BCUT2D eigenvalue weighted by Crippen LogP contribution is -2.26. The molecule has 1 unspecified atom stereocenters. The minimum atomic E-state index is 0.401. The number of nitrogens with two attached hydrogens (primary N) is 1. The number of hydrogen-bond acceptors (Lipinski definition) is 2. The normalized spacial score (nSPS) is 19.1. The average Bonchev–Trinajstić information content (AvgIpc) is 3.03. The van der Waals surface area contributed by atoms with Crippen molar-refractivity contribution in [2.24, 2.45) is 17.1 Å². The summed E-state index contributed by atoms with van der Waals surface area (Å²) in [7, 11) is 0. The molecule has 0 spiro atoms. The number of rotatable bonds is 2. The molecule has 1 aliphatic carbocycles. The van der Waals surface area contributed by atoms with Gasteiger partial charge in [-0.05, 0) is 48.3 Å². The van der Waals surface area contributed by atoms with Crippen molar-refractivity contribution < 1.29 is 0 Å². The Balaban J connectivity index is 2.00. The zero-order chi connectivity index (χ0) is 14.3. The summed E-state index contributed by atoms with van der Waals surface area (Å²) in [5.74, 6) is 0.789. The second-order valence-corrected chi connectivity index (χ2v) is 7.97. The third kappa shape index (κ3) is 2.33. The maximum Gasteiger partial charge on any atom is 0.104 e. The maximum absolute atomic E-state index is 6.04. The van der Waals surface area contributed by atoms with Crippen LogP contribution in [0.1, 0.15) is 43.2 Å². The Labute approximate surface area is 125 Å². The SMILES string of the molecule is CC(C)(C)C1CCc2c(sc(-n3cccc3)c2CN)C1. The molecule has 1 atom stereocenters. The minimum absolute atomic E-state index is 0.401. The van der Waals surface area contributed by atoms with Gasteiger partial charge in [-0.3, -0.25) is 0 Å². The Morgan fingerprint density at radius 3 is 2.60 bits per heavy atom. The highest BCUT2D eigenvalue weighted by Gasteiger charge is 2.31. The van der Waals surface area contributed by atoms with Crippen molar-refractivity contribution in [3.63, 3.8) is 0 Å². The highest BCUT2D eigenvalue weighted by Crippen LogP contribution is 2.43. The molecule has 0 radical (unpaired) electrons. The average molecular weight is 288 g/mol. The van der Waals surface area contributed by atoms with Crippen LogP contribution in [0.5, 0.6) is 0 Å². The van der Waals surface area contributed by atoms with E-state index in [1.807, 2.05) is 11.3 Å². The van der Waals surface area contributed by atoms with Crippen LogP contribution >= 0.6 is 11.3 Å². The minimum Gasteiger partial charge on any atom is -0.326 e. The van der Waals surface area contributed by atoms with Gasteiger partial charge in [0.05, 0.1) is 0 Å². The van der Waals surface area contributed by atoms with E-state index >= 15 is 0 Å². The fourth-order valence-corrected chi connectivity index (χ4v) is 4.69. The van der Waals surface area contributed by atoms with Crippen LogP contribution in [-0.2, 0) is 19.4 Å². The summed E-state index contributed by atoms with van der Waals surface area (Å²) >= 11 is 1.95. The lowest BCUT2D eigenvalue weighted by molar-refractivity contribution is 0.217. The highest BCUT2D eigenvalue weighted by molar-refractivity contribution is 7.14. The van der Waals surface area contributed by atoms with Crippen molar-refractivity contribution in [1.29, 1.82) is 0 Å². The standard InChI is InChI=1S/C17H24N2S/c1-17(2,3)12-6-7-13-14(11-18)16(20-15(13)10-12)19-8-4-5-9-19/h4-5,8-9,12H,6-7,10-11,18H2,1-3H3. The van der Waals surface area contributed by atoms with Crippen LogP contribution in [0.3, 0.4) is 0 Å². The molecule has 0 aliphatic heterocycles. The largest absolute Gasteiger partial charge is 0.326 e. The molecule has 0 saturated carbocycles. The monoisotopic (exact) mass is 288 g/mol. The summed E-state index contributed by atoms with van der Waals surface area (Å²) in [5, 5.41) is 1.33. The van der Waals surface area contributed by atoms with Crippen molar-refractivity contribution in [3.05, 3.63) is 40.5 Å². The first-order chi connectivity index (χ1) is 9.50. The Bertz CT molecular complexity index is 587. The quantitative estimate of drug-likeness (QED) is 0.884. The first-order valence-corrected chi connectivity index (χ1v) is 8.29. The summed E-state index contributed by atoms with van der Waals surface area (Å²) in [6.45, 7) is 7.76. The van der Waals surface area contributed by atoms with Crippen LogP contribution in [0.4, 0.5) is 0 Å². The molecule has 2 N–H and O–H groups in total. The predicted molar refractivity (Wildman–Crippen MR) is 86.5 cm³/mol. The van der Waals surface area contributed by atoms with Crippen molar-refractivity contribution >= 4 is 11.3 Å². The topological polar surface area (TPSA) is 30.9 Å². The van der Waals surface area contributed by atoms with Gasteiger partial charge in [-0.15, -0.1) is 11.3 Å². The smallest absolute Gasteiger partial charge is 0.104 e. The van der Waals surface area contributed by atoms with Crippen LogP contribution in [0, 0.1) is 11.3 Å². The fraction of sp³-hybridized carbons (Fsp3) is 0.529.